The standard InChI is InChI=1S/C20H20F4O2/c1-25-17-10-9-15(19(23)20(17)24)12-5-7-14(8-6-12)26-11-13-3-2-4-16(21)18(13)22/h2-4,9-10,12,14H,5-8,11H2,1H3. The molecular formula is C20H20F4O2. The van der Waals surface area contributed by atoms with E-state index in [4.69, 9.17) is 9.47 Å². The first-order chi connectivity index (χ1) is 12.5. The van der Waals surface area contributed by atoms with Crippen molar-refractivity contribution in [1.29, 1.82) is 0 Å². The maximum atomic E-state index is 14.2. The van der Waals surface area contributed by atoms with Gasteiger partial charge in [0.1, 0.15) is 0 Å². The number of methoxy groups -OCH3 is 1. The van der Waals surface area contributed by atoms with Gasteiger partial charge in [-0.15, -0.1) is 0 Å². The van der Waals surface area contributed by atoms with Crippen molar-refractivity contribution in [3.05, 3.63) is 64.7 Å². The van der Waals surface area contributed by atoms with Gasteiger partial charge in [-0.25, -0.2) is 13.2 Å². The molecule has 0 spiro atoms. The molecule has 0 bridgehead atoms. The fraction of sp³-hybridized carbons (Fsp3) is 0.400. The van der Waals surface area contributed by atoms with E-state index in [2.05, 4.69) is 0 Å². The average molecular weight is 368 g/mol. The molecule has 6 heteroatoms. The average Bonchev–Trinajstić information content (AvgIpc) is 2.66. The molecule has 26 heavy (non-hydrogen) atoms. The highest BCUT2D eigenvalue weighted by Crippen LogP contribution is 2.37. The zero-order chi connectivity index (χ0) is 18.7. The molecule has 140 valence electrons. The van der Waals surface area contributed by atoms with Crippen molar-refractivity contribution < 1.29 is 27.0 Å². The summed E-state index contributed by atoms with van der Waals surface area (Å²) < 4.78 is 65.4. The second-order valence-corrected chi connectivity index (χ2v) is 6.48. The summed E-state index contributed by atoms with van der Waals surface area (Å²) in [4.78, 5) is 0. The van der Waals surface area contributed by atoms with Crippen LogP contribution in [0.2, 0.25) is 0 Å². The number of hydrogen-bond acceptors (Lipinski definition) is 2. The molecule has 0 unspecified atom stereocenters. The molecule has 0 atom stereocenters. The molecule has 2 nitrogen and oxygen atoms in total. The van der Waals surface area contributed by atoms with Crippen molar-refractivity contribution in [3.63, 3.8) is 0 Å². The molecule has 2 aromatic carbocycles. The molecule has 1 aliphatic carbocycles. The smallest absolute Gasteiger partial charge is 0.200 e. The highest BCUT2D eigenvalue weighted by molar-refractivity contribution is 5.33. The van der Waals surface area contributed by atoms with Crippen molar-refractivity contribution in [1.82, 2.24) is 0 Å². The Morgan fingerprint density at radius 3 is 2.31 bits per heavy atom. The molecule has 0 N–H and O–H groups in total. The molecule has 0 saturated heterocycles. The van der Waals surface area contributed by atoms with Crippen molar-refractivity contribution in [2.24, 2.45) is 0 Å². The molecular weight excluding hydrogens is 348 g/mol. The van der Waals surface area contributed by atoms with Crippen molar-refractivity contribution in [3.8, 4) is 5.75 Å². The molecule has 1 fully saturated rings. The van der Waals surface area contributed by atoms with E-state index in [1.807, 2.05) is 0 Å². The number of benzene rings is 2. The first-order valence-electron chi connectivity index (χ1n) is 8.57. The van der Waals surface area contributed by atoms with Crippen LogP contribution >= 0.6 is 0 Å². The highest BCUT2D eigenvalue weighted by Gasteiger charge is 2.27. The summed E-state index contributed by atoms with van der Waals surface area (Å²) in [6.45, 7) is -0.00947. The molecule has 3 rings (SSSR count). The van der Waals surface area contributed by atoms with Crippen LogP contribution in [0.25, 0.3) is 0 Å². The van der Waals surface area contributed by atoms with Gasteiger partial charge in [0, 0.05) is 5.56 Å². The van der Waals surface area contributed by atoms with Gasteiger partial charge >= 0.3 is 0 Å². The van der Waals surface area contributed by atoms with Crippen LogP contribution in [0.1, 0.15) is 42.7 Å². The van der Waals surface area contributed by atoms with Crippen molar-refractivity contribution in [2.75, 3.05) is 7.11 Å². The van der Waals surface area contributed by atoms with Gasteiger partial charge < -0.3 is 9.47 Å². The highest BCUT2D eigenvalue weighted by atomic mass is 19.2. The molecule has 2 aromatic rings. The Balaban J connectivity index is 1.58. The Hall–Kier alpha value is -2.08. The summed E-state index contributed by atoms with van der Waals surface area (Å²) >= 11 is 0. The van der Waals surface area contributed by atoms with Crippen LogP contribution in [-0.2, 0) is 11.3 Å². The zero-order valence-electron chi connectivity index (χ0n) is 14.4. The minimum Gasteiger partial charge on any atom is -0.494 e. The van der Waals surface area contributed by atoms with E-state index >= 15 is 0 Å². The lowest BCUT2D eigenvalue weighted by Crippen LogP contribution is -2.21. The maximum Gasteiger partial charge on any atom is 0.200 e. The van der Waals surface area contributed by atoms with E-state index < -0.39 is 23.3 Å². The van der Waals surface area contributed by atoms with Crippen LogP contribution in [0.4, 0.5) is 17.6 Å². The van der Waals surface area contributed by atoms with Gasteiger partial charge in [0.2, 0.25) is 5.82 Å². The van der Waals surface area contributed by atoms with E-state index in [0.717, 1.165) is 6.07 Å². The van der Waals surface area contributed by atoms with Gasteiger partial charge in [-0.05, 0) is 49.3 Å². The lowest BCUT2D eigenvalue weighted by molar-refractivity contribution is 0.0116. The SMILES string of the molecule is COc1ccc(C2CCC(OCc3cccc(F)c3F)CC2)c(F)c1F. The van der Waals surface area contributed by atoms with Crippen LogP contribution in [-0.4, -0.2) is 13.2 Å². The van der Waals surface area contributed by atoms with Gasteiger partial charge in [-0.3, -0.25) is 0 Å². The van der Waals surface area contributed by atoms with Gasteiger partial charge in [0.05, 0.1) is 19.8 Å². The molecule has 0 radical (unpaired) electrons. The fourth-order valence-electron chi connectivity index (χ4n) is 3.43. The summed E-state index contributed by atoms with van der Waals surface area (Å²) in [5, 5.41) is 0. The fourth-order valence-corrected chi connectivity index (χ4v) is 3.43. The predicted molar refractivity (Wildman–Crippen MR) is 89.1 cm³/mol. The molecule has 0 amide bonds. The molecule has 0 aromatic heterocycles. The first-order valence-corrected chi connectivity index (χ1v) is 8.57. The van der Waals surface area contributed by atoms with E-state index in [1.54, 1.807) is 6.07 Å². The summed E-state index contributed by atoms with van der Waals surface area (Å²) in [7, 11) is 1.29. The number of rotatable bonds is 5. The number of hydrogen-bond donors (Lipinski definition) is 0. The minimum absolute atomic E-state index is 0.00947. The summed E-state index contributed by atoms with van der Waals surface area (Å²) in [6.07, 6.45) is 2.46. The maximum absolute atomic E-state index is 14.2. The third-order valence-electron chi connectivity index (χ3n) is 4.92. The van der Waals surface area contributed by atoms with Gasteiger partial charge in [-0.1, -0.05) is 18.2 Å². The second kappa shape index (κ2) is 8.08. The lowest BCUT2D eigenvalue weighted by Gasteiger charge is -2.29. The second-order valence-electron chi connectivity index (χ2n) is 6.48. The van der Waals surface area contributed by atoms with E-state index in [1.165, 1.54) is 25.3 Å². The van der Waals surface area contributed by atoms with Crippen LogP contribution in [0.3, 0.4) is 0 Å². The Kier molecular flexibility index (Phi) is 5.81. The molecule has 1 aliphatic rings. The topological polar surface area (TPSA) is 18.5 Å². The Morgan fingerprint density at radius 2 is 1.62 bits per heavy atom. The van der Waals surface area contributed by atoms with Gasteiger partial charge in [0.15, 0.2) is 23.2 Å². The normalized spacial score (nSPS) is 20.2. The largest absolute Gasteiger partial charge is 0.494 e. The lowest BCUT2D eigenvalue weighted by atomic mass is 9.82. The zero-order valence-corrected chi connectivity index (χ0v) is 14.4. The van der Waals surface area contributed by atoms with E-state index in [-0.39, 0.29) is 29.9 Å². The van der Waals surface area contributed by atoms with Crippen molar-refractivity contribution >= 4 is 0 Å². The van der Waals surface area contributed by atoms with Crippen LogP contribution < -0.4 is 4.74 Å². The Bertz CT molecular complexity index is 771. The minimum atomic E-state index is -0.968. The Morgan fingerprint density at radius 1 is 0.885 bits per heavy atom. The first kappa shape index (κ1) is 18.7. The van der Waals surface area contributed by atoms with Gasteiger partial charge in [0.25, 0.3) is 0 Å². The quantitative estimate of drug-likeness (QED) is 0.650. The summed E-state index contributed by atoms with van der Waals surface area (Å²) in [5.74, 6) is -3.83. The number of ether oxygens (including phenoxy) is 2. The van der Waals surface area contributed by atoms with E-state index in [9.17, 15) is 17.6 Å². The molecule has 0 aliphatic heterocycles. The Labute approximate surface area is 149 Å². The third kappa shape index (κ3) is 3.85. The monoisotopic (exact) mass is 368 g/mol. The molecule has 1 saturated carbocycles. The van der Waals surface area contributed by atoms with Crippen LogP contribution in [0.5, 0.6) is 5.75 Å². The summed E-state index contributed by atoms with van der Waals surface area (Å²) in [6, 6.07) is 6.98. The molecule has 0 heterocycles. The third-order valence-corrected chi connectivity index (χ3v) is 4.92. The van der Waals surface area contributed by atoms with Gasteiger partial charge in [-0.2, -0.15) is 4.39 Å². The summed E-state index contributed by atoms with van der Waals surface area (Å²) in [5.41, 5.74) is 0.522. The van der Waals surface area contributed by atoms with Crippen LogP contribution in [0.15, 0.2) is 30.3 Å². The number of halogens is 4. The van der Waals surface area contributed by atoms with Crippen LogP contribution in [0, 0.1) is 23.3 Å². The van der Waals surface area contributed by atoms with E-state index in [0.29, 0.717) is 31.2 Å². The predicted octanol–water partition coefficient (Wildman–Crippen LogP) is 5.49. The van der Waals surface area contributed by atoms with Crippen molar-refractivity contribution in [2.45, 2.75) is 44.3 Å².